The normalized spacial score (nSPS) is 15.2. The Labute approximate surface area is 229 Å². The van der Waals surface area contributed by atoms with E-state index in [2.05, 4.69) is 15.9 Å². The maximum absolute atomic E-state index is 12.3. The van der Waals surface area contributed by atoms with Crippen LogP contribution >= 0.6 is 50.6 Å². The fraction of sp³-hybridized carbons (Fsp3) is 0.368. The predicted molar refractivity (Wildman–Crippen MR) is 140 cm³/mol. The van der Waals surface area contributed by atoms with Gasteiger partial charge in [0.05, 0.1) is 31.5 Å². The number of nitrogens with one attached hydrogen (secondary N) is 1. The number of sulfonamides is 1. The van der Waals surface area contributed by atoms with Gasteiger partial charge in [0, 0.05) is 32.3 Å². The van der Waals surface area contributed by atoms with Crippen LogP contribution in [0.25, 0.3) is 16.5 Å². The number of oxazole rings is 1. The summed E-state index contributed by atoms with van der Waals surface area (Å²) in [5.41, 5.74) is 1.31. The molecule has 0 aliphatic carbocycles. The lowest BCUT2D eigenvalue weighted by molar-refractivity contribution is -0.671. The Hall–Kier alpha value is -1.56. The number of hydrogen-bond donors (Lipinski definition) is 1. The summed E-state index contributed by atoms with van der Waals surface area (Å²) in [6, 6.07) is 3.52. The van der Waals surface area contributed by atoms with Gasteiger partial charge in [0.25, 0.3) is 0 Å². The average Bonchev–Trinajstić information content (AvgIpc) is 3.41. The van der Waals surface area contributed by atoms with Crippen LogP contribution < -0.4 is 14.2 Å². The quantitative estimate of drug-likeness (QED) is 0.271. The zero-order chi connectivity index (χ0) is 26.4. The first-order valence-corrected chi connectivity index (χ1v) is 16.4. The van der Waals surface area contributed by atoms with Gasteiger partial charge in [0.15, 0.2) is 6.54 Å². The second-order valence-corrected chi connectivity index (χ2v) is 14.7. The molecular formula is C19H20BrClN4O7S4. The SMILES string of the molecule is CC(=O)NS(=O)(=O)CC[n+]1c(C=C2Sc3c(cc(Br)n3C)N2CCCS(=O)(=O)[O-])oc2cc(Cl)sc21. The molecule has 0 saturated carbocycles. The van der Waals surface area contributed by atoms with Crippen molar-refractivity contribution in [1.29, 1.82) is 0 Å². The van der Waals surface area contributed by atoms with Crippen molar-refractivity contribution in [3.8, 4) is 0 Å². The van der Waals surface area contributed by atoms with Gasteiger partial charge >= 0.3 is 10.7 Å². The summed E-state index contributed by atoms with van der Waals surface area (Å²) in [5.74, 6) is -1.20. The number of fused-ring (bicyclic) bond motifs is 2. The number of nitrogens with zero attached hydrogens (tertiary/aromatic N) is 3. The Morgan fingerprint density at radius 1 is 1.31 bits per heavy atom. The number of carbonyl (C=O) groups is 1. The highest BCUT2D eigenvalue weighted by Gasteiger charge is 2.33. The lowest BCUT2D eigenvalue weighted by atomic mass is 10.3. The van der Waals surface area contributed by atoms with Crippen molar-refractivity contribution < 1.29 is 35.2 Å². The van der Waals surface area contributed by atoms with E-state index < -0.39 is 31.8 Å². The summed E-state index contributed by atoms with van der Waals surface area (Å²) in [6.45, 7) is 1.38. The largest absolute Gasteiger partial charge is 0.748 e. The van der Waals surface area contributed by atoms with Crippen molar-refractivity contribution in [2.45, 2.75) is 24.9 Å². The molecule has 17 heteroatoms. The number of rotatable bonds is 9. The standard InChI is InChI=1S/C19H20BrClN4O7S4/c1-11(26)22-35(27,28)7-5-25-16(32-13-9-15(21)33-19(13)25)10-17-24(4-3-6-36(29,30)31)12-8-14(20)23(2)18(12)34-17/h8-10H,3-7H2,1-2H3,(H-,22,26,29,30,31). The third-order valence-corrected chi connectivity index (χ3v) is 10.5. The third-order valence-electron chi connectivity index (χ3n) is 5.14. The van der Waals surface area contributed by atoms with Gasteiger partial charge in [-0.2, -0.15) is 0 Å². The second-order valence-electron chi connectivity index (χ2n) is 7.86. The Morgan fingerprint density at radius 2 is 2.03 bits per heavy atom. The molecular weight excluding hydrogens is 640 g/mol. The number of aromatic nitrogens is 2. The van der Waals surface area contributed by atoms with Crippen LogP contribution in [0.3, 0.4) is 0 Å². The molecule has 36 heavy (non-hydrogen) atoms. The minimum atomic E-state index is -4.36. The van der Waals surface area contributed by atoms with Crippen molar-refractivity contribution in [1.82, 2.24) is 9.29 Å². The second kappa shape index (κ2) is 10.3. The smallest absolute Gasteiger partial charge is 0.377 e. The summed E-state index contributed by atoms with van der Waals surface area (Å²) in [5, 5.41) is 1.60. The van der Waals surface area contributed by atoms with Crippen LogP contribution in [-0.4, -0.2) is 49.9 Å². The summed E-state index contributed by atoms with van der Waals surface area (Å²) >= 11 is 12.3. The minimum Gasteiger partial charge on any atom is -0.748 e. The molecule has 0 fully saturated rings. The van der Waals surface area contributed by atoms with E-state index >= 15 is 0 Å². The van der Waals surface area contributed by atoms with E-state index in [4.69, 9.17) is 16.0 Å². The summed E-state index contributed by atoms with van der Waals surface area (Å²) in [6.07, 6.45) is 1.85. The van der Waals surface area contributed by atoms with E-state index in [-0.39, 0.29) is 25.3 Å². The molecule has 3 aromatic rings. The Morgan fingerprint density at radius 3 is 2.69 bits per heavy atom. The molecule has 0 spiro atoms. The van der Waals surface area contributed by atoms with E-state index in [1.54, 1.807) is 16.7 Å². The zero-order valence-electron chi connectivity index (χ0n) is 18.9. The van der Waals surface area contributed by atoms with Gasteiger partial charge in [-0.1, -0.05) is 34.7 Å². The first-order chi connectivity index (χ1) is 16.7. The molecule has 0 unspecified atom stereocenters. The predicted octanol–water partition coefficient (Wildman–Crippen LogP) is 2.85. The molecule has 11 nitrogen and oxygen atoms in total. The van der Waals surface area contributed by atoms with Crippen LogP contribution in [-0.2, 0) is 38.5 Å². The topological polar surface area (TPSA) is 146 Å². The lowest BCUT2D eigenvalue weighted by Crippen LogP contribution is -2.41. The Bertz CT molecular complexity index is 1590. The van der Waals surface area contributed by atoms with Crippen molar-refractivity contribution in [3.63, 3.8) is 0 Å². The number of anilines is 1. The monoisotopic (exact) mass is 658 g/mol. The molecule has 0 atom stereocenters. The van der Waals surface area contributed by atoms with Crippen molar-refractivity contribution in [2.75, 3.05) is 23.0 Å². The number of aryl methyl sites for hydroxylation is 1. The Balaban J connectivity index is 1.71. The molecule has 3 aromatic heterocycles. The number of thiophene rings is 1. The number of amides is 1. The number of halogens is 2. The van der Waals surface area contributed by atoms with Crippen LogP contribution in [0.5, 0.6) is 0 Å². The van der Waals surface area contributed by atoms with Gasteiger partial charge in [-0.25, -0.2) is 16.8 Å². The van der Waals surface area contributed by atoms with Crippen LogP contribution in [0.4, 0.5) is 5.69 Å². The van der Waals surface area contributed by atoms with Gasteiger partial charge in [0.2, 0.25) is 21.5 Å². The molecule has 0 radical (unpaired) electrons. The number of hydrogen-bond acceptors (Lipinski definition) is 10. The van der Waals surface area contributed by atoms with Gasteiger partial charge in [-0.3, -0.25) is 9.52 Å². The molecule has 0 saturated heterocycles. The summed E-state index contributed by atoms with van der Waals surface area (Å²) in [4.78, 5) is 13.7. The molecule has 196 valence electrons. The maximum atomic E-state index is 12.3. The highest BCUT2D eigenvalue weighted by atomic mass is 79.9. The molecule has 0 bridgehead atoms. The fourth-order valence-corrected chi connectivity index (χ4v) is 7.92. The molecule has 1 amide bonds. The zero-order valence-corrected chi connectivity index (χ0v) is 24.5. The molecule has 0 aromatic carbocycles. The highest BCUT2D eigenvalue weighted by molar-refractivity contribution is 9.10. The summed E-state index contributed by atoms with van der Waals surface area (Å²) in [7, 11) is -6.36. The molecule has 4 rings (SSSR count). The molecule has 1 aliphatic heterocycles. The first-order valence-electron chi connectivity index (χ1n) is 10.3. The van der Waals surface area contributed by atoms with Crippen LogP contribution in [0.15, 0.2) is 31.2 Å². The van der Waals surface area contributed by atoms with Crippen LogP contribution in [0.1, 0.15) is 19.2 Å². The van der Waals surface area contributed by atoms with Crippen molar-refractivity contribution in [2.24, 2.45) is 7.05 Å². The summed E-state index contributed by atoms with van der Waals surface area (Å²) < 4.78 is 70.7. The van der Waals surface area contributed by atoms with E-state index in [0.717, 1.165) is 22.2 Å². The fourth-order valence-electron chi connectivity index (χ4n) is 3.64. The van der Waals surface area contributed by atoms with Crippen molar-refractivity contribution in [3.05, 3.63) is 32.0 Å². The Kier molecular flexibility index (Phi) is 7.86. The molecule has 4 heterocycles. The van der Waals surface area contributed by atoms with Gasteiger partial charge in [-0.05, 0) is 28.4 Å². The van der Waals surface area contributed by atoms with Crippen LogP contribution in [0, 0.1) is 0 Å². The minimum absolute atomic E-state index is 0.0108. The van der Waals surface area contributed by atoms with E-state index in [1.165, 1.54) is 23.1 Å². The van der Waals surface area contributed by atoms with E-state index in [0.29, 0.717) is 25.7 Å². The number of thioether (sulfide) groups is 1. The van der Waals surface area contributed by atoms with Gasteiger partial charge < -0.3 is 18.4 Å². The van der Waals surface area contributed by atoms with E-state index in [9.17, 15) is 26.2 Å². The molecule has 1 aliphatic rings. The average molecular weight is 660 g/mol. The first kappa shape index (κ1) is 27.5. The van der Waals surface area contributed by atoms with Crippen LogP contribution in [0.2, 0.25) is 4.34 Å². The third kappa shape index (κ3) is 6.11. The maximum Gasteiger partial charge on any atom is 0.377 e. The van der Waals surface area contributed by atoms with Gasteiger partial charge in [0.1, 0.15) is 15.1 Å². The molecule has 1 N–H and O–H groups in total. The number of carbonyl (C=O) groups excluding carboxylic acids is 1. The highest BCUT2D eigenvalue weighted by Crippen LogP contribution is 2.49. The van der Waals surface area contributed by atoms with E-state index in [1.807, 2.05) is 27.3 Å². The van der Waals surface area contributed by atoms with Gasteiger partial charge in [-0.15, -0.1) is 4.57 Å². The lowest BCUT2D eigenvalue weighted by Gasteiger charge is -2.19. The van der Waals surface area contributed by atoms with Crippen molar-refractivity contribution >= 4 is 98.9 Å².